The highest BCUT2D eigenvalue weighted by Crippen LogP contribution is 2.26. The van der Waals surface area contributed by atoms with Crippen molar-refractivity contribution >= 4 is 0 Å². The summed E-state index contributed by atoms with van der Waals surface area (Å²) in [7, 11) is 2.75. The lowest BCUT2D eigenvalue weighted by atomic mass is 9.86. The summed E-state index contributed by atoms with van der Waals surface area (Å²) < 4.78 is 5.75. The van der Waals surface area contributed by atoms with Gasteiger partial charge in [-0.05, 0) is 42.1 Å². The summed E-state index contributed by atoms with van der Waals surface area (Å²) in [5.74, 6) is 0. The van der Waals surface area contributed by atoms with Crippen LogP contribution in [0.25, 0.3) is 0 Å². The van der Waals surface area contributed by atoms with Crippen molar-refractivity contribution in [1.82, 2.24) is 0 Å². The number of benzene rings is 2. The van der Waals surface area contributed by atoms with Gasteiger partial charge in [0.1, 0.15) is 0 Å². The molecule has 0 radical (unpaired) electrons. The maximum atomic E-state index is 5.75. The summed E-state index contributed by atoms with van der Waals surface area (Å²) in [6, 6.07) is 17.5. The first-order valence-corrected chi connectivity index (χ1v) is 5.65. The fourth-order valence-corrected chi connectivity index (χ4v) is 2.22. The van der Waals surface area contributed by atoms with Crippen LogP contribution >= 0.6 is 0 Å². The van der Waals surface area contributed by atoms with Crippen molar-refractivity contribution in [3.8, 4) is 0 Å². The molecule has 1 nitrogen and oxygen atoms in total. The Labute approximate surface area is 106 Å². The highest BCUT2D eigenvalue weighted by atomic mass is 14.4. The van der Waals surface area contributed by atoms with E-state index >= 15 is 0 Å². The molecule has 1 aliphatic rings. The molecule has 1 heteroatoms. The first-order valence-electron chi connectivity index (χ1n) is 6.65. The second-order valence-corrected chi connectivity index (χ2v) is 3.89. The second kappa shape index (κ2) is 6.21. The molecule has 0 amide bonds. The summed E-state index contributed by atoms with van der Waals surface area (Å²) in [5, 5.41) is 0. The quantitative estimate of drug-likeness (QED) is 0.627. The summed E-state index contributed by atoms with van der Waals surface area (Å²) >= 11 is 0. The van der Waals surface area contributed by atoms with E-state index in [1.54, 1.807) is 0 Å². The minimum atomic E-state index is 1.10. The van der Waals surface area contributed by atoms with Crippen molar-refractivity contribution < 1.29 is 1.37 Å². The average molecular weight is 228 g/mol. The lowest BCUT2D eigenvalue weighted by Gasteiger charge is -2.18. The van der Waals surface area contributed by atoms with Gasteiger partial charge in [-0.3, -0.25) is 0 Å². The molecule has 90 valence electrons. The topological polar surface area (TPSA) is 26.0 Å². The van der Waals surface area contributed by atoms with E-state index in [9.17, 15) is 0 Å². The van der Waals surface area contributed by atoms with Gasteiger partial charge in [0.25, 0.3) is 0 Å². The smallest absolute Gasteiger partial charge is 0.0194 e. The Bertz CT molecular complexity index is 393. The van der Waals surface area contributed by atoms with Crippen LogP contribution in [0.15, 0.2) is 48.5 Å². The molecule has 2 aromatic rings. The maximum Gasteiger partial charge on any atom is 0.0194 e. The van der Waals surface area contributed by atoms with Crippen LogP contribution in [0.2, 0.25) is 0 Å². The summed E-state index contributed by atoms with van der Waals surface area (Å²) in [6.45, 7) is 0. The third-order valence-corrected chi connectivity index (χ3v) is 3.00. The van der Waals surface area contributed by atoms with Crippen molar-refractivity contribution in [2.75, 3.05) is 7.05 Å². The van der Waals surface area contributed by atoms with Gasteiger partial charge in [0.15, 0.2) is 0 Å². The summed E-state index contributed by atoms with van der Waals surface area (Å²) in [5.41, 5.74) is 10.5. The highest BCUT2D eigenvalue weighted by molar-refractivity contribution is 5.44. The maximum absolute atomic E-state index is 5.75. The Balaban J connectivity index is 0.000000371. The van der Waals surface area contributed by atoms with Gasteiger partial charge in [0.2, 0.25) is 0 Å². The third-order valence-electron chi connectivity index (χ3n) is 3.00. The van der Waals surface area contributed by atoms with Crippen LogP contribution in [0.4, 0.5) is 0 Å². The Hall–Kier alpha value is -1.60. The first-order chi connectivity index (χ1) is 8.93. The van der Waals surface area contributed by atoms with Crippen LogP contribution in [0.3, 0.4) is 0 Å². The minimum absolute atomic E-state index is 1.10. The predicted octanol–water partition coefficient (Wildman–Crippen LogP) is 3.39. The number of fused-ring (bicyclic) bond motifs is 2. The van der Waals surface area contributed by atoms with Crippen molar-refractivity contribution in [3.63, 3.8) is 0 Å². The zero-order chi connectivity index (χ0) is 13.4. The largest absolute Gasteiger partial charge is 0.333 e. The molecule has 0 aromatic heterocycles. The standard InChI is InChI=1S/C14H12.CH5N.CH4/c1-2-6-12-10-14-8-4-3-7-13(14)9-11(12)5-1;1-2;/h1-8H,9-10H2;2H2,1H3;1H4/i;;1D. The molecule has 17 heavy (non-hydrogen) atoms. The monoisotopic (exact) mass is 228 g/mol. The van der Waals surface area contributed by atoms with E-state index in [1.807, 2.05) is 0 Å². The van der Waals surface area contributed by atoms with Crippen molar-refractivity contribution in [3.05, 3.63) is 70.8 Å². The van der Waals surface area contributed by atoms with Gasteiger partial charge in [0, 0.05) is 1.37 Å². The van der Waals surface area contributed by atoms with E-state index in [0.717, 1.165) is 12.8 Å². The van der Waals surface area contributed by atoms with E-state index in [4.69, 9.17) is 1.37 Å². The van der Waals surface area contributed by atoms with Gasteiger partial charge < -0.3 is 5.73 Å². The average Bonchev–Trinajstić information content (AvgIpc) is 2.49. The lowest BCUT2D eigenvalue weighted by Crippen LogP contribution is -2.06. The van der Waals surface area contributed by atoms with Crippen molar-refractivity contribution in [2.24, 2.45) is 5.73 Å². The molecule has 0 spiro atoms. The molecule has 0 saturated carbocycles. The molecule has 0 atom stereocenters. The Kier molecular flexibility index (Phi) is 4.34. The second-order valence-electron chi connectivity index (χ2n) is 3.89. The number of hydrogen-bond donors (Lipinski definition) is 1. The fraction of sp³-hybridized carbons (Fsp3) is 0.250. The molecular formula is C16H21N. The normalized spacial score (nSPS) is 11.6. The molecule has 0 aliphatic heterocycles. The molecule has 0 fully saturated rings. The fourth-order valence-electron chi connectivity index (χ4n) is 2.22. The Morgan fingerprint density at radius 3 is 1.24 bits per heavy atom. The van der Waals surface area contributed by atoms with Crippen LogP contribution in [0.5, 0.6) is 0 Å². The van der Waals surface area contributed by atoms with Crippen LogP contribution in [0.1, 0.15) is 31.0 Å². The SMILES string of the molecule is CN.[2H]C.c1ccc2c(c1)Cc1ccccc1C2. The zero-order valence-corrected chi connectivity index (χ0v) is 10.6. The van der Waals surface area contributed by atoms with E-state index < -0.39 is 0 Å². The molecule has 3 rings (SSSR count). The molecule has 0 unspecified atom stereocenters. The lowest BCUT2D eigenvalue weighted by molar-refractivity contribution is 1.00. The minimum Gasteiger partial charge on any atom is -0.333 e. The van der Waals surface area contributed by atoms with E-state index in [-0.39, 0.29) is 0 Å². The number of rotatable bonds is 0. The zero-order valence-electron chi connectivity index (χ0n) is 11.6. The van der Waals surface area contributed by atoms with Gasteiger partial charge in [-0.15, -0.1) is 0 Å². The Morgan fingerprint density at radius 2 is 1.00 bits per heavy atom. The van der Waals surface area contributed by atoms with Crippen LogP contribution in [0, 0.1) is 0 Å². The van der Waals surface area contributed by atoms with Gasteiger partial charge in [-0.2, -0.15) is 0 Å². The summed E-state index contributed by atoms with van der Waals surface area (Å²) in [4.78, 5) is 0. The van der Waals surface area contributed by atoms with Crippen molar-refractivity contribution in [1.29, 1.82) is 0 Å². The molecule has 2 N–H and O–H groups in total. The van der Waals surface area contributed by atoms with Gasteiger partial charge in [-0.25, -0.2) is 0 Å². The molecule has 0 heterocycles. The van der Waals surface area contributed by atoms with Gasteiger partial charge in [-0.1, -0.05) is 55.9 Å². The molecule has 2 aromatic carbocycles. The van der Waals surface area contributed by atoms with Gasteiger partial charge >= 0.3 is 0 Å². The van der Waals surface area contributed by atoms with Crippen LogP contribution in [-0.4, -0.2) is 7.05 Å². The van der Waals surface area contributed by atoms with E-state index in [1.165, 1.54) is 36.7 Å². The van der Waals surface area contributed by atoms with E-state index in [0.29, 0.717) is 0 Å². The van der Waals surface area contributed by atoms with Gasteiger partial charge in [0.05, 0.1) is 0 Å². The molecule has 0 saturated heterocycles. The highest BCUT2D eigenvalue weighted by Gasteiger charge is 2.12. The van der Waals surface area contributed by atoms with Crippen LogP contribution in [-0.2, 0) is 12.8 Å². The molecule has 1 aliphatic carbocycles. The predicted molar refractivity (Wildman–Crippen MR) is 75.3 cm³/mol. The first kappa shape index (κ1) is 11.9. The third kappa shape index (κ3) is 2.75. The summed E-state index contributed by atoms with van der Waals surface area (Å²) in [6.07, 6.45) is 2.21. The molecule has 0 bridgehead atoms. The van der Waals surface area contributed by atoms with Crippen LogP contribution < -0.4 is 5.73 Å². The van der Waals surface area contributed by atoms with Crippen molar-refractivity contribution in [2.45, 2.75) is 20.2 Å². The number of nitrogens with two attached hydrogens (primary N) is 1. The van der Waals surface area contributed by atoms with E-state index in [2.05, 4.69) is 54.3 Å². The Morgan fingerprint density at radius 1 is 0.765 bits per heavy atom. The molecular weight excluding hydrogens is 206 g/mol. The number of hydrogen-bond acceptors (Lipinski definition) is 1.